The summed E-state index contributed by atoms with van der Waals surface area (Å²) >= 11 is 6.22. The standard InChI is InChI=1S/C14H12N2O2S2/c1-2-16-9-5-3-4-6-10(9)18-12(16)8-7-11-13(17)15-14(19)20-11/h3-8H,2H2,1H3,(H,15,17,19)/b11-7+,12-8+. The molecule has 1 aromatic carbocycles. The van der Waals surface area contributed by atoms with Gasteiger partial charge in [-0.25, -0.2) is 0 Å². The number of thioether (sulfide) groups is 1. The summed E-state index contributed by atoms with van der Waals surface area (Å²) in [6.07, 6.45) is 3.54. The van der Waals surface area contributed by atoms with Crippen molar-refractivity contribution in [2.45, 2.75) is 6.92 Å². The summed E-state index contributed by atoms with van der Waals surface area (Å²) in [7, 11) is 0. The van der Waals surface area contributed by atoms with Gasteiger partial charge in [0.2, 0.25) is 5.88 Å². The Hall–Kier alpha value is -1.79. The molecule has 0 aromatic heterocycles. The van der Waals surface area contributed by atoms with E-state index in [1.165, 1.54) is 11.8 Å². The summed E-state index contributed by atoms with van der Waals surface area (Å²) in [6.45, 7) is 2.85. The summed E-state index contributed by atoms with van der Waals surface area (Å²) in [6, 6.07) is 7.86. The van der Waals surface area contributed by atoms with Crippen molar-refractivity contribution in [2.24, 2.45) is 0 Å². The molecule has 2 heterocycles. The third-order valence-corrected chi connectivity index (χ3v) is 4.15. The lowest BCUT2D eigenvalue weighted by atomic mass is 10.3. The minimum absolute atomic E-state index is 0.157. The minimum atomic E-state index is -0.157. The van der Waals surface area contributed by atoms with Gasteiger partial charge in [0, 0.05) is 12.6 Å². The average Bonchev–Trinajstić information content (AvgIpc) is 2.95. The van der Waals surface area contributed by atoms with Gasteiger partial charge in [-0.1, -0.05) is 36.1 Å². The number of fused-ring (bicyclic) bond motifs is 1. The van der Waals surface area contributed by atoms with Gasteiger partial charge >= 0.3 is 0 Å². The Labute approximate surface area is 126 Å². The number of carbonyl (C=O) groups is 1. The molecule has 20 heavy (non-hydrogen) atoms. The Morgan fingerprint density at radius 2 is 2.20 bits per heavy atom. The maximum atomic E-state index is 11.6. The van der Waals surface area contributed by atoms with Crippen LogP contribution in [0.5, 0.6) is 5.75 Å². The molecule has 0 atom stereocenters. The largest absolute Gasteiger partial charge is 0.439 e. The monoisotopic (exact) mass is 304 g/mol. The fourth-order valence-corrected chi connectivity index (χ4v) is 3.07. The molecule has 0 radical (unpaired) electrons. The van der Waals surface area contributed by atoms with Gasteiger partial charge in [-0.2, -0.15) is 0 Å². The first-order chi connectivity index (χ1) is 9.69. The first kappa shape index (κ1) is 13.2. The fourth-order valence-electron chi connectivity index (χ4n) is 2.09. The van der Waals surface area contributed by atoms with Crippen molar-refractivity contribution in [1.82, 2.24) is 5.32 Å². The lowest BCUT2D eigenvalue weighted by molar-refractivity contribution is -0.115. The van der Waals surface area contributed by atoms with Crippen molar-refractivity contribution in [2.75, 3.05) is 11.4 Å². The van der Waals surface area contributed by atoms with Crippen LogP contribution >= 0.6 is 24.0 Å². The van der Waals surface area contributed by atoms with Crippen LogP contribution in [0.4, 0.5) is 5.69 Å². The van der Waals surface area contributed by atoms with E-state index in [2.05, 4.69) is 17.1 Å². The van der Waals surface area contributed by atoms with E-state index in [-0.39, 0.29) is 5.91 Å². The Morgan fingerprint density at radius 3 is 2.90 bits per heavy atom. The number of ether oxygens (including phenoxy) is 1. The molecule has 0 bridgehead atoms. The van der Waals surface area contributed by atoms with Crippen LogP contribution in [0.3, 0.4) is 0 Å². The van der Waals surface area contributed by atoms with E-state index in [0.29, 0.717) is 15.1 Å². The van der Waals surface area contributed by atoms with E-state index in [1.807, 2.05) is 24.3 Å². The second-order valence-electron chi connectivity index (χ2n) is 4.19. The topological polar surface area (TPSA) is 41.6 Å². The third kappa shape index (κ3) is 2.32. The zero-order valence-electron chi connectivity index (χ0n) is 10.8. The van der Waals surface area contributed by atoms with Crippen LogP contribution in [0.25, 0.3) is 0 Å². The molecule has 0 aliphatic carbocycles. The van der Waals surface area contributed by atoms with Crippen LogP contribution in [-0.4, -0.2) is 16.8 Å². The van der Waals surface area contributed by atoms with Crippen LogP contribution in [0, 0.1) is 0 Å². The smallest absolute Gasteiger partial charge is 0.263 e. The molecule has 6 heteroatoms. The van der Waals surface area contributed by atoms with Gasteiger partial charge in [-0.15, -0.1) is 0 Å². The fraction of sp³-hybridized carbons (Fsp3) is 0.143. The van der Waals surface area contributed by atoms with E-state index >= 15 is 0 Å². The number of benzene rings is 1. The second-order valence-corrected chi connectivity index (χ2v) is 5.91. The van der Waals surface area contributed by atoms with Gasteiger partial charge in [0.05, 0.1) is 10.6 Å². The van der Waals surface area contributed by atoms with Crippen molar-refractivity contribution in [3.8, 4) is 5.75 Å². The SMILES string of the molecule is CCN1/C(=C\C=C2\SC(=S)NC2=O)Oc2ccccc21. The number of thiocarbonyl (C=S) groups is 1. The molecule has 1 fully saturated rings. The number of hydrogen-bond acceptors (Lipinski definition) is 5. The maximum absolute atomic E-state index is 11.6. The minimum Gasteiger partial charge on any atom is -0.439 e. The highest BCUT2D eigenvalue weighted by atomic mass is 32.2. The lowest BCUT2D eigenvalue weighted by Crippen LogP contribution is -2.19. The van der Waals surface area contributed by atoms with E-state index in [1.54, 1.807) is 12.2 Å². The molecule has 102 valence electrons. The maximum Gasteiger partial charge on any atom is 0.263 e. The molecule has 1 amide bonds. The van der Waals surface area contributed by atoms with Gasteiger partial charge in [-0.3, -0.25) is 4.79 Å². The van der Waals surface area contributed by atoms with Gasteiger partial charge in [-0.05, 0) is 25.1 Å². The summed E-state index contributed by atoms with van der Waals surface area (Å²) in [4.78, 5) is 14.2. The number of hydrogen-bond donors (Lipinski definition) is 1. The van der Waals surface area contributed by atoms with E-state index < -0.39 is 0 Å². The number of carbonyl (C=O) groups excluding carboxylic acids is 1. The Bertz CT molecular complexity index is 652. The normalized spacial score (nSPS) is 21.4. The molecular weight excluding hydrogens is 292 g/mol. The zero-order chi connectivity index (χ0) is 14.1. The molecule has 2 aliphatic heterocycles. The zero-order valence-corrected chi connectivity index (χ0v) is 12.4. The van der Waals surface area contributed by atoms with Crippen LogP contribution in [0.1, 0.15) is 6.92 Å². The molecule has 0 unspecified atom stereocenters. The number of allylic oxidation sites excluding steroid dienone is 2. The van der Waals surface area contributed by atoms with E-state index in [9.17, 15) is 4.79 Å². The quantitative estimate of drug-likeness (QED) is 0.672. The Kier molecular flexibility index (Phi) is 3.50. The molecule has 1 N–H and O–H groups in total. The molecule has 4 nitrogen and oxygen atoms in total. The number of para-hydroxylation sites is 2. The molecule has 3 rings (SSSR count). The number of amides is 1. The van der Waals surface area contributed by atoms with Crippen molar-refractivity contribution in [1.29, 1.82) is 0 Å². The van der Waals surface area contributed by atoms with Crippen LogP contribution in [-0.2, 0) is 4.79 Å². The van der Waals surface area contributed by atoms with Crippen molar-refractivity contribution >= 4 is 39.9 Å². The average molecular weight is 304 g/mol. The predicted molar refractivity (Wildman–Crippen MR) is 84.6 cm³/mol. The summed E-state index contributed by atoms with van der Waals surface area (Å²) in [5.41, 5.74) is 1.04. The predicted octanol–water partition coefficient (Wildman–Crippen LogP) is 2.78. The van der Waals surface area contributed by atoms with Gasteiger partial charge in [0.1, 0.15) is 4.32 Å². The third-order valence-electron chi connectivity index (χ3n) is 2.97. The highest BCUT2D eigenvalue weighted by Gasteiger charge is 2.25. The van der Waals surface area contributed by atoms with Crippen molar-refractivity contribution < 1.29 is 9.53 Å². The second kappa shape index (κ2) is 5.30. The van der Waals surface area contributed by atoms with Crippen LogP contribution in [0.2, 0.25) is 0 Å². The van der Waals surface area contributed by atoms with Gasteiger partial charge in [0.15, 0.2) is 5.75 Å². The van der Waals surface area contributed by atoms with E-state index in [0.717, 1.165) is 18.0 Å². The van der Waals surface area contributed by atoms with Crippen molar-refractivity contribution in [3.05, 3.63) is 47.2 Å². The van der Waals surface area contributed by atoms with E-state index in [4.69, 9.17) is 17.0 Å². The first-order valence-corrected chi connectivity index (χ1v) is 7.41. The van der Waals surface area contributed by atoms with Crippen LogP contribution < -0.4 is 15.0 Å². The lowest BCUT2D eigenvalue weighted by Gasteiger charge is -2.14. The number of nitrogens with one attached hydrogen (secondary N) is 1. The molecule has 2 aliphatic rings. The molecule has 0 spiro atoms. The van der Waals surface area contributed by atoms with Crippen molar-refractivity contribution in [3.63, 3.8) is 0 Å². The summed E-state index contributed by atoms with van der Waals surface area (Å²) in [5, 5.41) is 2.59. The van der Waals surface area contributed by atoms with Crippen LogP contribution in [0.15, 0.2) is 47.2 Å². The molecule has 0 saturated carbocycles. The number of nitrogens with zero attached hydrogens (tertiary/aromatic N) is 1. The Morgan fingerprint density at radius 1 is 1.40 bits per heavy atom. The Balaban J connectivity index is 1.89. The highest BCUT2D eigenvalue weighted by Crippen LogP contribution is 2.38. The number of anilines is 1. The molecular formula is C14H12N2O2S2. The molecule has 1 saturated heterocycles. The van der Waals surface area contributed by atoms with Gasteiger partial charge in [0.25, 0.3) is 5.91 Å². The summed E-state index contributed by atoms with van der Waals surface area (Å²) < 4.78 is 6.29. The number of rotatable bonds is 2. The molecule has 1 aromatic rings. The highest BCUT2D eigenvalue weighted by molar-refractivity contribution is 8.26. The first-order valence-electron chi connectivity index (χ1n) is 6.18. The summed E-state index contributed by atoms with van der Waals surface area (Å²) in [5.74, 6) is 1.39. The van der Waals surface area contributed by atoms with Gasteiger partial charge < -0.3 is 15.0 Å².